The molecular weight excluding hydrogens is 292 g/mol. The first kappa shape index (κ1) is 15.0. The summed E-state index contributed by atoms with van der Waals surface area (Å²) in [5.74, 6) is 0.498. The lowest BCUT2D eigenvalue weighted by atomic mass is 10.1. The van der Waals surface area contributed by atoms with Crippen molar-refractivity contribution in [3.05, 3.63) is 27.7 Å². The van der Waals surface area contributed by atoms with Crippen LogP contribution in [0.2, 0.25) is 0 Å². The molecule has 100 valence electrons. The Balaban J connectivity index is 2.56. The summed E-state index contributed by atoms with van der Waals surface area (Å²) in [6, 6.07) is 4.14. The molecule has 0 fully saturated rings. The number of carbonyl (C=O) groups is 1. The van der Waals surface area contributed by atoms with E-state index < -0.39 is 0 Å². The van der Waals surface area contributed by atoms with Gasteiger partial charge in [0, 0.05) is 11.0 Å². The molecule has 0 bridgehead atoms. The van der Waals surface area contributed by atoms with E-state index in [1.807, 2.05) is 13.0 Å². The quantitative estimate of drug-likeness (QED) is 0.876. The molecule has 0 aromatic heterocycles. The second-order valence-corrected chi connectivity index (χ2v) is 5.84. The summed E-state index contributed by atoms with van der Waals surface area (Å²) in [5, 5.41) is 6.06. The van der Waals surface area contributed by atoms with E-state index in [1.165, 1.54) is 5.56 Å². The van der Waals surface area contributed by atoms with Crippen LogP contribution < -0.4 is 10.6 Å². The zero-order valence-corrected chi connectivity index (χ0v) is 13.0. The van der Waals surface area contributed by atoms with Gasteiger partial charge in [0.1, 0.15) is 0 Å². The molecule has 0 radical (unpaired) electrons. The maximum Gasteiger partial charge on any atom is 0.239 e. The molecule has 0 spiro atoms. The lowest BCUT2D eigenvalue weighted by molar-refractivity contribution is -0.119. The third-order valence-corrected chi connectivity index (χ3v) is 3.19. The predicted octanol–water partition coefficient (Wildman–Crippen LogP) is 3.25. The fourth-order valence-corrected chi connectivity index (χ4v) is 2.50. The number of hydrogen-bond acceptors (Lipinski definition) is 2. The summed E-state index contributed by atoms with van der Waals surface area (Å²) < 4.78 is 0.997. The minimum absolute atomic E-state index is 0.0237. The van der Waals surface area contributed by atoms with Gasteiger partial charge in [-0.2, -0.15) is 0 Å². The van der Waals surface area contributed by atoms with Crippen molar-refractivity contribution in [2.45, 2.75) is 27.7 Å². The molecule has 0 saturated carbocycles. The van der Waals surface area contributed by atoms with E-state index in [0.717, 1.165) is 15.7 Å². The zero-order chi connectivity index (χ0) is 13.7. The van der Waals surface area contributed by atoms with Crippen molar-refractivity contribution in [1.82, 2.24) is 5.32 Å². The van der Waals surface area contributed by atoms with Crippen LogP contribution in [0.15, 0.2) is 16.6 Å². The molecule has 4 heteroatoms. The third kappa shape index (κ3) is 4.69. The highest BCUT2D eigenvalue weighted by Gasteiger charge is 2.07. The second kappa shape index (κ2) is 6.78. The number of nitrogens with one attached hydrogen (secondary N) is 2. The van der Waals surface area contributed by atoms with Gasteiger partial charge in [-0.1, -0.05) is 19.9 Å². The van der Waals surface area contributed by atoms with Gasteiger partial charge in [0.2, 0.25) is 5.91 Å². The summed E-state index contributed by atoms with van der Waals surface area (Å²) >= 11 is 3.52. The Kier molecular flexibility index (Phi) is 5.66. The molecule has 0 unspecified atom stereocenters. The Morgan fingerprint density at radius 3 is 2.56 bits per heavy atom. The van der Waals surface area contributed by atoms with Gasteiger partial charge >= 0.3 is 0 Å². The van der Waals surface area contributed by atoms with Crippen molar-refractivity contribution in [2.75, 3.05) is 18.4 Å². The molecule has 1 amide bonds. The van der Waals surface area contributed by atoms with Crippen LogP contribution in [-0.4, -0.2) is 19.0 Å². The molecule has 0 aliphatic heterocycles. The molecule has 0 saturated heterocycles. The molecule has 0 aliphatic rings. The van der Waals surface area contributed by atoms with Crippen LogP contribution in [0.25, 0.3) is 0 Å². The number of halogens is 1. The molecular formula is C14H21BrN2O. The number of aryl methyl sites for hydroxylation is 2. The lowest BCUT2D eigenvalue weighted by Gasteiger charge is -2.13. The fraction of sp³-hybridized carbons (Fsp3) is 0.500. The Labute approximate surface area is 117 Å². The van der Waals surface area contributed by atoms with E-state index in [2.05, 4.69) is 53.4 Å². The SMILES string of the molecule is Cc1cc(C)c(NCC(=O)NCC(C)C)c(Br)c1. The topological polar surface area (TPSA) is 41.1 Å². The second-order valence-electron chi connectivity index (χ2n) is 4.99. The zero-order valence-electron chi connectivity index (χ0n) is 11.4. The molecule has 1 rings (SSSR count). The molecule has 18 heavy (non-hydrogen) atoms. The Hall–Kier alpha value is -1.03. The molecule has 1 aromatic carbocycles. The van der Waals surface area contributed by atoms with Crippen molar-refractivity contribution < 1.29 is 4.79 Å². The third-order valence-electron chi connectivity index (χ3n) is 2.56. The van der Waals surface area contributed by atoms with Gasteiger partial charge in [0.05, 0.1) is 12.2 Å². The summed E-state index contributed by atoms with van der Waals surface area (Å²) in [6.07, 6.45) is 0. The standard InChI is InChI=1S/C14H21BrN2O/c1-9(2)7-16-13(18)8-17-14-11(4)5-10(3)6-12(14)15/h5-6,9,17H,7-8H2,1-4H3,(H,16,18). The van der Waals surface area contributed by atoms with Crippen molar-refractivity contribution in [3.8, 4) is 0 Å². The van der Waals surface area contributed by atoms with Crippen LogP contribution in [-0.2, 0) is 4.79 Å². The predicted molar refractivity (Wildman–Crippen MR) is 80.0 cm³/mol. The van der Waals surface area contributed by atoms with Gasteiger partial charge in [-0.3, -0.25) is 4.79 Å². The van der Waals surface area contributed by atoms with E-state index in [1.54, 1.807) is 0 Å². The van der Waals surface area contributed by atoms with E-state index in [0.29, 0.717) is 19.0 Å². The Morgan fingerprint density at radius 2 is 2.00 bits per heavy atom. The monoisotopic (exact) mass is 312 g/mol. The minimum atomic E-state index is 0.0237. The first-order valence-electron chi connectivity index (χ1n) is 6.17. The van der Waals surface area contributed by atoms with Crippen LogP contribution >= 0.6 is 15.9 Å². The maximum atomic E-state index is 11.6. The van der Waals surface area contributed by atoms with E-state index >= 15 is 0 Å². The van der Waals surface area contributed by atoms with Crippen LogP contribution in [0.3, 0.4) is 0 Å². The van der Waals surface area contributed by atoms with Gasteiger partial charge < -0.3 is 10.6 Å². The molecule has 0 heterocycles. The van der Waals surface area contributed by atoms with Crippen molar-refractivity contribution in [3.63, 3.8) is 0 Å². The smallest absolute Gasteiger partial charge is 0.239 e. The Bertz CT molecular complexity index is 407. The molecule has 1 aromatic rings. The number of rotatable bonds is 5. The van der Waals surface area contributed by atoms with Crippen LogP contribution in [0.4, 0.5) is 5.69 Å². The van der Waals surface area contributed by atoms with E-state index in [-0.39, 0.29) is 5.91 Å². The van der Waals surface area contributed by atoms with E-state index in [9.17, 15) is 4.79 Å². The Morgan fingerprint density at radius 1 is 1.33 bits per heavy atom. The number of carbonyl (C=O) groups excluding carboxylic acids is 1. The fourth-order valence-electron chi connectivity index (χ4n) is 1.69. The van der Waals surface area contributed by atoms with Gasteiger partial charge in [-0.15, -0.1) is 0 Å². The maximum absolute atomic E-state index is 11.6. The highest BCUT2D eigenvalue weighted by molar-refractivity contribution is 9.10. The highest BCUT2D eigenvalue weighted by atomic mass is 79.9. The summed E-state index contributed by atoms with van der Waals surface area (Å²) in [5.41, 5.74) is 3.33. The van der Waals surface area contributed by atoms with Crippen LogP contribution in [0.1, 0.15) is 25.0 Å². The summed E-state index contributed by atoms with van der Waals surface area (Å²) in [7, 11) is 0. The van der Waals surface area contributed by atoms with Crippen LogP contribution in [0.5, 0.6) is 0 Å². The average Bonchev–Trinajstić information content (AvgIpc) is 2.24. The van der Waals surface area contributed by atoms with Gasteiger partial charge in [0.15, 0.2) is 0 Å². The van der Waals surface area contributed by atoms with E-state index in [4.69, 9.17) is 0 Å². The minimum Gasteiger partial charge on any atom is -0.375 e. The van der Waals surface area contributed by atoms with Crippen molar-refractivity contribution in [2.24, 2.45) is 5.92 Å². The van der Waals surface area contributed by atoms with Crippen molar-refractivity contribution in [1.29, 1.82) is 0 Å². The number of amides is 1. The normalized spacial score (nSPS) is 10.6. The molecule has 2 N–H and O–H groups in total. The molecule has 0 atom stereocenters. The van der Waals surface area contributed by atoms with Gasteiger partial charge in [0.25, 0.3) is 0 Å². The first-order valence-corrected chi connectivity index (χ1v) is 6.96. The summed E-state index contributed by atoms with van der Waals surface area (Å²) in [6.45, 7) is 9.26. The lowest BCUT2D eigenvalue weighted by Crippen LogP contribution is -2.32. The number of anilines is 1. The molecule has 0 aliphatic carbocycles. The molecule has 3 nitrogen and oxygen atoms in total. The average molecular weight is 313 g/mol. The number of hydrogen-bond donors (Lipinski definition) is 2. The van der Waals surface area contributed by atoms with Gasteiger partial charge in [-0.25, -0.2) is 0 Å². The number of benzene rings is 1. The highest BCUT2D eigenvalue weighted by Crippen LogP contribution is 2.27. The van der Waals surface area contributed by atoms with Crippen LogP contribution in [0, 0.1) is 19.8 Å². The summed E-state index contributed by atoms with van der Waals surface area (Å²) in [4.78, 5) is 11.6. The first-order chi connectivity index (χ1) is 8.40. The largest absolute Gasteiger partial charge is 0.375 e. The van der Waals surface area contributed by atoms with Crippen molar-refractivity contribution >= 4 is 27.5 Å². The van der Waals surface area contributed by atoms with Gasteiger partial charge in [-0.05, 0) is 52.9 Å².